The summed E-state index contributed by atoms with van der Waals surface area (Å²) in [6.07, 6.45) is 6.60. The predicted octanol–water partition coefficient (Wildman–Crippen LogP) is 2.59. The molecule has 1 saturated carbocycles. The fraction of sp³-hybridized carbons (Fsp3) is 1.00. The van der Waals surface area contributed by atoms with E-state index in [4.69, 9.17) is 0 Å². The number of nitrogens with one attached hydrogen (secondary N) is 1. The van der Waals surface area contributed by atoms with E-state index >= 15 is 0 Å². The van der Waals surface area contributed by atoms with Gasteiger partial charge in [-0.1, -0.05) is 20.3 Å². The molecule has 1 N–H and O–H groups in total. The van der Waals surface area contributed by atoms with Crippen molar-refractivity contribution in [3.05, 3.63) is 0 Å². The van der Waals surface area contributed by atoms with Gasteiger partial charge in [-0.2, -0.15) is 11.8 Å². The van der Waals surface area contributed by atoms with E-state index in [0.29, 0.717) is 10.8 Å². The first-order valence-electron chi connectivity index (χ1n) is 7.09. The van der Waals surface area contributed by atoms with Crippen molar-refractivity contribution in [1.29, 1.82) is 0 Å². The summed E-state index contributed by atoms with van der Waals surface area (Å²) in [5.41, 5.74) is 0. The van der Waals surface area contributed by atoms with E-state index in [1.807, 2.05) is 0 Å². The largest absolute Gasteiger partial charge is 0.311 e. The highest BCUT2D eigenvalue weighted by Gasteiger charge is 2.40. The Labute approximate surface area is 111 Å². The quantitative estimate of drug-likeness (QED) is 0.832. The van der Waals surface area contributed by atoms with Gasteiger partial charge in [-0.25, -0.2) is 0 Å². The lowest BCUT2D eigenvalue weighted by Crippen LogP contribution is -2.61. The Morgan fingerprint density at radius 2 is 2.12 bits per heavy atom. The van der Waals surface area contributed by atoms with E-state index in [-0.39, 0.29) is 0 Å². The molecule has 3 heteroatoms. The predicted molar refractivity (Wildman–Crippen MR) is 77.8 cm³/mol. The van der Waals surface area contributed by atoms with Crippen LogP contribution in [0.3, 0.4) is 0 Å². The number of hydrogen-bond donors (Lipinski definition) is 1. The Balaban J connectivity index is 1.99. The maximum atomic E-state index is 3.63. The Morgan fingerprint density at radius 3 is 2.59 bits per heavy atom. The van der Waals surface area contributed by atoms with Crippen LogP contribution in [0.2, 0.25) is 0 Å². The van der Waals surface area contributed by atoms with Crippen molar-refractivity contribution in [2.45, 2.75) is 56.9 Å². The molecule has 1 saturated heterocycles. The highest BCUT2D eigenvalue weighted by Crippen LogP contribution is 2.44. The van der Waals surface area contributed by atoms with Crippen LogP contribution in [0.4, 0.5) is 0 Å². The Bertz CT molecular complexity index is 245. The summed E-state index contributed by atoms with van der Waals surface area (Å²) in [7, 11) is 0. The van der Waals surface area contributed by atoms with E-state index in [1.165, 1.54) is 38.9 Å². The standard InChI is InChI=1S/C14H28N2S/c1-11(2)13-8-15-12(3)9-16(13)10-14(17-4)6-5-7-14/h11-13,15H,5-10H2,1-4H3. The SMILES string of the molecule is CSC1(CN2CC(C)NCC2C(C)C)CCC1. The first-order valence-corrected chi connectivity index (χ1v) is 8.31. The van der Waals surface area contributed by atoms with Crippen molar-refractivity contribution in [3.8, 4) is 0 Å². The van der Waals surface area contributed by atoms with Crippen LogP contribution in [0.25, 0.3) is 0 Å². The van der Waals surface area contributed by atoms with Crippen LogP contribution in [0.15, 0.2) is 0 Å². The van der Waals surface area contributed by atoms with Gasteiger partial charge in [0.15, 0.2) is 0 Å². The molecule has 0 aromatic carbocycles. The summed E-state index contributed by atoms with van der Waals surface area (Å²) in [6, 6.07) is 1.39. The number of piperazine rings is 1. The molecule has 0 aromatic rings. The lowest BCUT2D eigenvalue weighted by Gasteiger charge is -2.49. The Hall–Kier alpha value is 0.270. The second-order valence-electron chi connectivity index (χ2n) is 6.29. The van der Waals surface area contributed by atoms with Crippen LogP contribution in [0.5, 0.6) is 0 Å². The third kappa shape index (κ3) is 2.99. The molecule has 17 heavy (non-hydrogen) atoms. The van der Waals surface area contributed by atoms with Crippen LogP contribution in [0, 0.1) is 5.92 Å². The Kier molecular flexibility index (Phi) is 4.43. The fourth-order valence-electron chi connectivity index (χ4n) is 3.21. The first-order chi connectivity index (χ1) is 8.06. The Morgan fingerprint density at radius 1 is 1.41 bits per heavy atom. The van der Waals surface area contributed by atoms with E-state index < -0.39 is 0 Å². The molecule has 1 aliphatic heterocycles. The normalized spacial score (nSPS) is 33.7. The zero-order valence-corrected chi connectivity index (χ0v) is 12.6. The minimum absolute atomic E-state index is 0.588. The van der Waals surface area contributed by atoms with Crippen molar-refractivity contribution < 1.29 is 0 Å². The van der Waals surface area contributed by atoms with Gasteiger partial charge in [0.2, 0.25) is 0 Å². The molecule has 1 aliphatic carbocycles. The molecule has 1 heterocycles. The first kappa shape index (κ1) is 13.7. The average molecular weight is 256 g/mol. The minimum atomic E-state index is 0.588. The van der Waals surface area contributed by atoms with E-state index in [0.717, 1.165) is 12.0 Å². The van der Waals surface area contributed by atoms with Gasteiger partial charge < -0.3 is 5.32 Å². The van der Waals surface area contributed by atoms with Crippen molar-refractivity contribution in [1.82, 2.24) is 10.2 Å². The van der Waals surface area contributed by atoms with Crippen molar-refractivity contribution in [2.75, 3.05) is 25.9 Å². The van der Waals surface area contributed by atoms with Gasteiger partial charge in [-0.3, -0.25) is 4.90 Å². The maximum Gasteiger partial charge on any atom is 0.0284 e. The fourth-order valence-corrected chi connectivity index (χ4v) is 4.20. The highest BCUT2D eigenvalue weighted by molar-refractivity contribution is 8.00. The van der Waals surface area contributed by atoms with Crippen molar-refractivity contribution in [3.63, 3.8) is 0 Å². The van der Waals surface area contributed by atoms with Crippen LogP contribution < -0.4 is 5.32 Å². The summed E-state index contributed by atoms with van der Waals surface area (Å²) in [4.78, 5) is 2.77. The molecule has 2 aliphatic rings. The molecular weight excluding hydrogens is 228 g/mol. The third-order valence-corrected chi connectivity index (χ3v) is 6.01. The van der Waals surface area contributed by atoms with Crippen LogP contribution >= 0.6 is 11.8 Å². The number of nitrogens with zero attached hydrogens (tertiary/aromatic N) is 1. The topological polar surface area (TPSA) is 15.3 Å². The molecular formula is C14H28N2S. The molecule has 100 valence electrons. The van der Waals surface area contributed by atoms with Crippen LogP contribution in [-0.2, 0) is 0 Å². The maximum absolute atomic E-state index is 3.63. The van der Waals surface area contributed by atoms with Gasteiger partial charge in [0, 0.05) is 36.5 Å². The molecule has 2 unspecified atom stereocenters. The summed E-state index contributed by atoms with van der Waals surface area (Å²) >= 11 is 2.11. The van der Waals surface area contributed by atoms with Gasteiger partial charge in [-0.05, 0) is 31.9 Å². The number of rotatable bonds is 4. The van der Waals surface area contributed by atoms with E-state index in [1.54, 1.807) is 0 Å². The second-order valence-corrected chi connectivity index (χ2v) is 7.57. The minimum Gasteiger partial charge on any atom is -0.311 e. The van der Waals surface area contributed by atoms with Gasteiger partial charge >= 0.3 is 0 Å². The van der Waals surface area contributed by atoms with Crippen molar-refractivity contribution in [2.24, 2.45) is 5.92 Å². The van der Waals surface area contributed by atoms with Gasteiger partial charge in [0.1, 0.15) is 0 Å². The van der Waals surface area contributed by atoms with Gasteiger partial charge in [0.25, 0.3) is 0 Å². The van der Waals surface area contributed by atoms with E-state index in [9.17, 15) is 0 Å². The molecule has 2 atom stereocenters. The zero-order valence-electron chi connectivity index (χ0n) is 11.8. The lowest BCUT2D eigenvalue weighted by molar-refractivity contribution is 0.0787. The van der Waals surface area contributed by atoms with Gasteiger partial charge in [-0.15, -0.1) is 0 Å². The third-order valence-electron chi connectivity index (χ3n) is 4.61. The molecule has 2 nitrogen and oxygen atoms in total. The second kappa shape index (κ2) is 5.50. The van der Waals surface area contributed by atoms with Crippen LogP contribution in [-0.4, -0.2) is 47.6 Å². The summed E-state index contributed by atoms with van der Waals surface area (Å²) in [5, 5.41) is 3.63. The van der Waals surface area contributed by atoms with Crippen LogP contribution in [0.1, 0.15) is 40.0 Å². The molecule has 0 aromatic heterocycles. The van der Waals surface area contributed by atoms with Gasteiger partial charge in [0.05, 0.1) is 0 Å². The van der Waals surface area contributed by atoms with Crippen molar-refractivity contribution >= 4 is 11.8 Å². The van der Waals surface area contributed by atoms with E-state index in [2.05, 4.69) is 49.0 Å². The number of thioether (sulfide) groups is 1. The lowest BCUT2D eigenvalue weighted by atomic mass is 9.82. The molecule has 2 fully saturated rings. The average Bonchev–Trinajstić information content (AvgIpc) is 2.23. The monoisotopic (exact) mass is 256 g/mol. The molecule has 0 radical (unpaired) electrons. The number of hydrogen-bond acceptors (Lipinski definition) is 3. The molecule has 0 spiro atoms. The zero-order chi connectivity index (χ0) is 12.5. The molecule has 2 rings (SSSR count). The highest BCUT2D eigenvalue weighted by atomic mass is 32.2. The summed E-state index contributed by atoms with van der Waals surface area (Å²) in [6.45, 7) is 10.7. The summed E-state index contributed by atoms with van der Waals surface area (Å²) < 4.78 is 0.588. The molecule has 0 bridgehead atoms. The smallest absolute Gasteiger partial charge is 0.0284 e. The summed E-state index contributed by atoms with van der Waals surface area (Å²) in [5.74, 6) is 0.758. The molecule has 0 amide bonds.